The highest BCUT2D eigenvalue weighted by Gasteiger charge is 2.52. The fourth-order valence-electron chi connectivity index (χ4n) is 5.07. The summed E-state index contributed by atoms with van der Waals surface area (Å²) in [6.45, 7) is 8.34. The third-order valence-corrected chi connectivity index (χ3v) is 12.5. The molecule has 4 aromatic rings. The lowest BCUT2D eigenvalue weighted by Gasteiger charge is -2.34. The lowest BCUT2D eigenvalue weighted by atomic mass is 9.79. The summed E-state index contributed by atoms with van der Waals surface area (Å²) >= 11 is 0. The Morgan fingerprint density at radius 2 is 1.08 bits per heavy atom. The average Bonchev–Trinajstić information content (AvgIpc) is 3.13. The van der Waals surface area contributed by atoms with E-state index in [1.807, 2.05) is 12.1 Å². The zero-order chi connectivity index (χ0) is 25.4. The maximum atomic E-state index is 9.46. The molecule has 0 bridgehead atoms. The van der Waals surface area contributed by atoms with Gasteiger partial charge in [-0.3, -0.25) is 0 Å². The number of nitrogens with zero attached hydrogens (tertiary/aromatic N) is 1. The molecule has 5 heteroatoms. The van der Waals surface area contributed by atoms with Gasteiger partial charge in [0, 0.05) is 0 Å². The van der Waals surface area contributed by atoms with Crippen molar-refractivity contribution < 1.29 is 9.31 Å². The first-order chi connectivity index (χ1) is 17.3. The summed E-state index contributed by atoms with van der Waals surface area (Å²) in [7, 11) is -3.15. The molecule has 0 saturated carbocycles. The molecule has 5 rings (SSSR count). The molecule has 1 fully saturated rings. The molecular weight excluding hydrogens is 457 g/mol. The van der Waals surface area contributed by atoms with Gasteiger partial charge in [0.1, 0.15) is 0 Å². The van der Waals surface area contributed by atoms with Gasteiger partial charge in [-0.15, -0.1) is 0 Å². The third kappa shape index (κ3) is 4.02. The quantitative estimate of drug-likeness (QED) is 0.321. The molecule has 1 saturated heterocycles. The summed E-state index contributed by atoms with van der Waals surface area (Å²) in [4.78, 5) is 0. The normalized spacial score (nSPS) is 16.5. The van der Waals surface area contributed by atoms with E-state index in [0.717, 1.165) is 5.46 Å². The minimum atomic E-state index is -2.71. The van der Waals surface area contributed by atoms with Gasteiger partial charge in [-0.2, -0.15) is 5.26 Å². The average molecular weight is 487 g/mol. The van der Waals surface area contributed by atoms with Crippen LogP contribution in [0.4, 0.5) is 0 Å². The number of nitriles is 1. The Kier molecular flexibility index (Phi) is 6.22. The SMILES string of the molecule is CC1(C)OB(c2cccc([Si](c3ccccc3)(c3ccccc3)c3ccc(C#N)cc3)c2)OC1(C)C. The molecular formula is C31H30BNO2Si. The van der Waals surface area contributed by atoms with E-state index >= 15 is 0 Å². The predicted octanol–water partition coefficient (Wildman–Crippen LogP) is 3.23. The van der Waals surface area contributed by atoms with Gasteiger partial charge in [-0.05, 0) is 66.0 Å². The zero-order valence-electron chi connectivity index (χ0n) is 21.2. The Morgan fingerprint density at radius 1 is 0.611 bits per heavy atom. The lowest BCUT2D eigenvalue weighted by molar-refractivity contribution is 0.00578. The Morgan fingerprint density at radius 3 is 1.58 bits per heavy atom. The van der Waals surface area contributed by atoms with Gasteiger partial charge in [0.15, 0.2) is 8.07 Å². The van der Waals surface area contributed by atoms with Crippen LogP contribution in [0.1, 0.15) is 33.3 Å². The van der Waals surface area contributed by atoms with E-state index in [1.54, 1.807) is 0 Å². The summed E-state index contributed by atoms with van der Waals surface area (Å²) < 4.78 is 12.8. The Balaban J connectivity index is 1.77. The van der Waals surface area contributed by atoms with Gasteiger partial charge < -0.3 is 9.31 Å². The largest absolute Gasteiger partial charge is 0.494 e. The summed E-state index contributed by atoms with van der Waals surface area (Å²) in [6, 6.07) is 40.6. The van der Waals surface area contributed by atoms with Crippen LogP contribution in [0.25, 0.3) is 0 Å². The van der Waals surface area contributed by atoms with E-state index in [1.165, 1.54) is 20.7 Å². The number of rotatable bonds is 5. The van der Waals surface area contributed by atoms with Gasteiger partial charge in [0.2, 0.25) is 0 Å². The van der Waals surface area contributed by atoms with Crippen LogP contribution in [0.2, 0.25) is 0 Å². The van der Waals surface area contributed by atoms with Crippen molar-refractivity contribution in [2.75, 3.05) is 0 Å². The van der Waals surface area contributed by atoms with E-state index in [9.17, 15) is 5.26 Å². The summed E-state index contributed by atoms with van der Waals surface area (Å²) in [5.74, 6) is 0. The van der Waals surface area contributed by atoms with Crippen LogP contribution in [0.3, 0.4) is 0 Å². The van der Waals surface area contributed by atoms with Gasteiger partial charge in [0.25, 0.3) is 0 Å². The molecule has 1 heterocycles. The molecule has 0 atom stereocenters. The first-order valence-electron chi connectivity index (χ1n) is 12.4. The van der Waals surface area contributed by atoms with Crippen molar-refractivity contribution in [1.82, 2.24) is 0 Å². The zero-order valence-corrected chi connectivity index (χ0v) is 22.2. The molecule has 1 aliphatic heterocycles. The summed E-state index contributed by atoms with van der Waals surface area (Å²) in [6.07, 6.45) is 0. The van der Waals surface area contributed by atoms with Gasteiger partial charge in [0.05, 0.1) is 22.8 Å². The topological polar surface area (TPSA) is 42.2 Å². The second-order valence-electron chi connectivity index (χ2n) is 10.4. The van der Waals surface area contributed by atoms with Crippen LogP contribution in [0.5, 0.6) is 0 Å². The molecule has 0 aromatic heterocycles. The maximum Gasteiger partial charge on any atom is 0.494 e. The molecule has 0 N–H and O–H groups in total. The molecule has 0 aliphatic carbocycles. The smallest absolute Gasteiger partial charge is 0.399 e. The first kappa shape index (κ1) is 24.3. The fraction of sp³-hybridized carbons (Fsp3) is 0.194. The molecule has 0 spiro atoms. The van der Waals surface area contributed by atoms with Crippen molar-refractivity contribution in [3.63, 3.8) is 0 Å². The van der Waals surface area contributed by atoms with Gasteiger partial charge in [-0.25, -0.2) is 0 Å². The van der Waals surface area contributed by atoms with Crippen LogP contribution in [-0.2, 0) is 9.31 Å². The fourth-order valence-corrected chi connectivity index (χ4v) is 9.85. The number of benzene rings is 4. The first-order valence-corrected chi connectivity index (χ1v) is 14.4. The highest BCUT2D eigenvalue weighted by molar-refractivity contribution is 7.20. The minimum absolute atomic E-state index is 0.409. The van der Waals surface area contributed by atoms with Crippen molar-refractivity contribution in [2.45, 2.75) is 38.9 Å². The van der Waals surface area contributed by atoms with Crippen LogP contribution >= 0.6 is 0 Å². The van der Waals surface area contributed by atoms with Crippen LogP contribution in [-0.4, -0.2) is 26.4 Å². The molecule has 4 aromatic carbocycles. The highest BCUT2D eigenvalue weighted by Crippen LogP contribution is 2.36. The molecule has 36 heavy (non-hydrogen) atoms. The van der Waals surface area contributed by atoms with Crippen LogP contribution < -0.4 is 26.2 Å². The van der Waals surface area contributed by atoms with Gasteiger partial charge >= 0.3 is 7.12 Å². The molecule has 0 radical (unpaired) electrons. The van der Waals surface area contributed by atoms with E-state index in [-0.39, 0.29) is 0 Å². The van der Waals surface area contributed by atoms with Crippen LogP contribution in [0.15, 0.2) is 109 Å². The maximum absolute atomic E-state index is 9.46. The van der Waals surface area contributed by atoms with E-state index in [4.69, 9.17) is 9.31 Å². The minimum Gasteiger partial charge on any atom is -0.399 e. The van der Waals surface area contributed by atoms with Crippen molar-refractivity contribution in [2.24, 2.45) is 0 Å². The molecule has 1 aliphatic rings. The molecule has 3 nitrogen and oxygen atoms in total. The van der Waals surface area contributed by atoms with E-state index in [0.29, 0.717) is 5.56 Å². The Labute approximate surface area is 215 Å². The monoisotopic (exact) mass is 487 g/mol. The summed E-state index contributed by atoms with van der Waals surface area (Å²) in [5.41, 5.74) is 0.861. The van der Waals surface area contributed by atoms with E-state index < -0.39 is 26.4 Å². The van der Waals surface area contributed by atoms with Gasteiger partial charge in [-0.1, -0.05) is 97.1 Å². The summed E-state index contributed by atoms with van der Waals surface area (Å²) in [5, 5.41) is 14.5. The van der Waals surface area contributed by atoms with Crippen molar-refractivity contribution in [3.05, 3.63) is 115 Å². The number of hydrogen-bond acceptors (Lipinski definition) is 3. The molecule has 0 amide bonds. The standard InChI is InChI=1S/C31H30BNO2Si/c1-30(2)31(3,4)35-32(34-30)25-12-11-17-29(22-25)36(26-13-7-5-8-14-26,27-15-9-6-10-16-27)28-20-18-24(23-33)19-21-28/h5-22H,1-4H3. The third-order valence-electron chi connectivity index (χ3n) is 7.71. The second-order valence-corrected chi connectivity index (χ2v) is 14.2. The van der Waals surface area contributed by atoms with Crippen molar-refractivity contribution in [3.8, 4) is 6.07 Å². The van der Waals surface area contributed by atoms with Crippen LogP contribution in [0, 0.1) is 11.3 Å². The van der Waals surface area contributed by atoms with E-state index in [2.05, 4.69) is 131 Å². The highest BCUT2D eigenvalue weighted by atomic mass is 28.3. The molecule has 178 valence electrons. The second kappa shape index (κ2) is 9.22. The van der Waals surface area contributed by atoms with Crippen molar-refractivity contribution >= 4 is 41.4 Å². The predicted molar refractivity (Wildman–Crippen MR) is 150 cm³/mol. The number of hydrogen-bond donors (Lipinski definition) is 0. The molecule has 0 unspecified atom stereocenters. The lowest BCUT2D eigenvalue weighted by Crippen LogP contribution is -2.75. The Hall–Kier alpha value is -3.43. The Bertz CT molecular complexity index is 1340. The van der Waals surface area contributed by atoms with Crippen molar-refractivity contribution in [1.29, 1.82) is 5.26 Å².